The number of rotatable bonds is 0. The summed E-state index contributed by atoms with van der Waals surface area (Å²) in [5.41, 5.74) is -0.832. The Morgan fingerprint density at radius 3 is 2.29 bits per heavy atom. The van der Waals surface area contributed by atoms with Crippen molar-refractivity contribution in [3.8, 4) is 0 Å². The molecule has 1 fully saturated rings. The Hall–Kier alpha value is -1.36. The molecule has 0 radical (unpaired) electrons. The summed E-state index contributed by atoms with van der Waals surface area (Å²) in [6, 6.07) is -0.440. The fraction of sp³-hybridized carbons (Fsp3) is 0.667. The van der Waals surface area contributed by atoms with Crippen LogP contribution in [-0.2, 0) is 4.79 Å². The smallest absolute Gasteiger partial charge is 0.328 e. The van der Waals surface area contributed by atoms with E-state index in [4.69, 9.17) is 0 Å². The second kappa shape index (κ2) is 4.14. The zero-order valence-corrected chi connectivity index (χ0v) is 10.2. The third-order valence-electron chi connectivity index (χ3n) is 3.86. The number of hydrogen-bond donors (Lipinski definition) is 1. The molecule has 0 aromatic carbocycles. The molecule has 2 aliphatic rings. The Balaban J connectivity index is 2.37. The van der Waals surface area contributed by atoms with E-state index in [-0.39, 0.29) is 5.91 Å². The summed E-state index contributed by atoms with van der Waals surface area (Å²) < 4.78 is 0. The van der Waals surface area contributed by atoms with Crippen LogP contribution in [0.1, 0.15) is 25.7 Å². The molecular weight excluding hydrogens is 220 g/mol. The van der Waals surface area contributed by atoms with E-state index in [2.05, 4.69) is 0 Å². The molecule has 1 spiro atoms. The summed E-state index contributed by atoms with van der Waals surface area (Å²) in [6.07, 6.45) is 5.75. The van der Waals surface area contributed by atoms with Gasteiger partial charge in [-0.25, -0.2) is 4.79 Å². The molecular formula is C12H18N2O3. The van der Waals surface area contributed by atoms with Gasteiger partial charge in [0, 0.05) is 14.1 Å². The zero-order valence-electron chi connectivity index (χ0n) is 10.2. The van der Waals surface area contributed by atoms with Gasteiger partial charge in [-0.05, 0) is 25.7 Å². The lowest BCUT2D eigenvalue weighted by atomic mass is 9.75. The molecule has 3 amide bonds. The molecule has 1 saturated heterocycles. The van der Waals surface area contributed by atoms with E-state index in [1.54, 1.807) is 0 Å². The maximum atomic E-state index is 12.3. The molecule has 1 aliphatic heterocycles. The predicted octanol–water partition coefficient (Wildman–Crippen LogP) is 0.945. The monoisotopic (exact) mass is 238 g/mol. The van der Waals surface area contributed by atoms with Crippen molar-refractivity contribution in [2.24, 2.45) is 5.41 Å². The minimum absolute atomic E-state index is 0.253. The number of hydrogen-bond acceptors (Lipinski definition) is 3. The van der Waals surface area contributed by atoms with Crippen molar-refractivity contribution in [2.75, 3.05) is 14.1 Å². The minimum Gasteiger partial charge on any atom is -0.372 e. The van der Waals surface area contributed by atoms with Gasteiger partial charge < -0.3 is 10.0 Å². The van der Waals surface area contributed by atoms with E-state index in [0.717, 1.165) is 17.7 Å². The number of nitrogens with zero attached hydrogens (tertiary/aromatic N) is 2. The van der Waals surface area contributed by atoms with E-state index in [1.165, 1.54) is 19.0 Å². The van der Waals surface area contributed by atoms with Gasteiger partial charge in [-0.15, -0.1) is 0 Å². The summed E-state index contributed by atoms with van der Waals surface area (Å²) in [6.45, 7) is 0. The number of aliphatic hydroxyl groups is 1. The quantitative estimate of drug-likeness (QED) is 0.639. The maximum absolute atomic E-state index is 12.3. The standard InChI is InChI=1S/C12H18N2O3/c1-13-9(15)12(7-5-3-4-6-8-12)10(16)14(2)11(13)17/h3-4,9,15H,5-8H2,1-2H3. The summed E-state index contributed by atoms with van der Waals surface area (Å²) in [5.74, 6) is -0.253. The molecule has 0 aromatic heterocycles. The first-order valence-electron chi connectivity index (χ1n) is 5.89. The lowest BCUT2D eigenvalue weighted by Crippen LogP contribution is -2.65. The molecule has 17 heavy (non-hydrogen) atoms. The highest BCUT2D eigenvalue weighted by molar-refractivity contribution is 6.00. The van der Waals surface area contributed by atoms with E-state index in [9.17, 15) is 14.7 Å². The molecule has 5 nitrogen and oxygen atoms in total. The van der Waals surface area contributed by atoms with Crippen LogP contribution >= 0.6 is 0 Å². The van der Waals surface area contributed by atoms with E-state index in [0.29, 0.717) is 12.8 Å². The van der Waals surface area contributed by atoms with Crippen LogP contribution in [0.2, 0.25) is 0 Å². The van der Waals surface area contributed by atoms with Crippen molar-refractivity contribution in [1.29, 1.82) is 0 Å². The lowest BCUT2D eigenvalue weighted by Gasteiger charge is -2.47. The first-order chi connectivity index (χ1) is 8.00. The molecule has 1 N–H and O–H groups in total. The van der Waals surface area contributed by atoms with Gasteiger partial charge in [-0.3, -0.25) is 9.69 Å². The van der Waals surface area contributed by atoms with Crippen molar-refractivity contribution in [1.82, 2.24) is 9.80 Å². The van der Waals surface area contributed by atoms with Gasteiger partial charge in [-0.1, -0.05) is 12.2 Å². The molecule has 1 aliphatic carbocycles. The van der Waals surface area contributed by atoms with Crippen LogP contribution in [0.25, 0.3) is 0 Å². The summed E-state index contributed by atoms with van der Waals surface area (Å²) in [5, 5.41) is 10.3. The number of carbonyl (C=O) groups excluding carboxylic acids is 2. The van der Waals surface area contributed by atoms with Crippen molar-refractivity contribution in [2.45, 2.75) is 31.9 Å². The Kier molecular flexibility index (Phi) is 2.95. The largest absolute Gasteiger partial charge is 0.372 e. The molecule has 94 valence electrons. The Labute approximate surface area is 101 Å². The van der Waals surface area contributed by atoms with Crippen LogP contribution in [0.15, 0.2) is 12.2 Å². The number of aliphatic hydroxyl groups excluding tert-OH is 1. The molecule has 0 bridgehead atoms. The third kappa shape index (κ3) is 1.65. The number of carbonyl (C=O) groups is 2. The molecule has 0 aromatic rings. The molecule has 5 heteroatoms. The SMILES string of the molecule is CN1C(=O)N(C)C(O)C2(CCC=CCC2)C1=O. The average Bonchev–Trinajstić information content (AvgIpc) is 2.59. The number of urea groups is 1. The number of allylic oxidation sites excluding steroid dienone is 2. The van der Waals surface area contributed by atoms with Crippen LogP contribution in [0, 0.1) is 5.41 Å². The van der Waals surface area contributed by atoms with Crippen molar-refractivity contribution in [3.63, 3.8) is 0 Å². The predicted molar refractivity (Wildman–Crippen MR) is 62.0 cm³/mol. The lowest BCUT2D eigenvalue weighted by molar-refractivity contribution is -0.164. The van der Waals surface area contributed by atoms with Crippen molar-refractivity contribution >= 4 is 11.9 Å². The van der Waals surface area contributed by atoms with Gasteiger partial charge in [0.05, 0.1) is 5.41 Å². The second-order valence-electron chi connectivity index (χ2n) is 4.84. The first-order valence-corrected chi connectivity index (χ1v) is 5.89. The van der Waals surface area contributed by atoms with Crippen LogP contribution < -0.4 is 0 Å². The normalized spacial score (nSPS) is 28.8. The van der Waals surface area contributed by atoms with Gasteiger partial charge in [0.15, 0.2) is 0 Å². The topological polar surface area (TPSA) is 60.9 Å². The highest BCUT2D eigenvalue weighted by atomic mass is 16.3. The van der Waals surface area contributed by atoms with E-state index in [1.807, 2.05) is 12.2 Å². The van der Waals surface area contributed by atoms with Crippen molar-refractivity contribution < 1.29 is 14.7 Å². The fourth-order valence-electron chi connectivity index (χ4n) is 2.76. The summed E-state index contributed by atoms with van der Waals surface area (Å²) in [4.78, 5) is 26.4. The Morgan fingerprint density at radius 2 is 1.76 bits per heavy atom. The van der Waals surface area contributed by atoms with Gasteiger partial charge >= 0.3 is 6.03 Å². The van der Waals surface area contributed by atoms with Crippen molar-refractivity contribution in [3.05, 3.63) is 12.2 Å². The van der Waals surface area contributed by atoms with Crippen LogP contribution in [-0.4, -0.2) is 47.2 Å². The van der Waals surface area contributed by atoms with Gasteiger partial charge in [0.25, 0.3) is 0 Å². The molecule has 1 unspecified atom stereocenters. The van der Waals surface area contributed by atoms with Gasteiger partial charge in [0.2, 0.25) is 5.91 Å². The Morgan fingerprint density at radius 1 is 1.24 bits per heavy atom. The highest BCUT2D eigenvalue weighted by Crippen LogP contribution is 2.41. The minimum atomic E-state index is -1.02. The van der Waals surface area contributed by atoms with E-state index < -0.39 is 17.7 Å². The van der Waals surface area contributed by atoms with Crippen LogP contribution in [0.3, 0.4) is 0 Å². The van der Waals surface area contributed by atoms with Crippen LogP contribution in [0.5, 0.6) is 0 Å². The maximum Gasteiger partial charge on any atom is 0.328 e. The summed E-state index contributed by atoms with van der Waals surface area (Å²) >= 11 is 0. The zero-order chi connectivity index (χ0) is 12.6. The average molecular weight is 238 g/mol. The van der Waals surface area contributed by atoms with Gasteiger partial charge in [-0.2, -0.15) is 0 Å². The third-order valence-corrected chi connectivity index (χ3v) is 3.86. The van der Waals surface area contributed by atoms with E-state index >= 15 is 0 Å². The van der Waals surface area contributed by atoms with Crippen LogP contribution in [0.4, 0.5) is 4.79 Å². The summed E-state index contributed by atoms with van der Waals surface area (Å²) in [7, 11) is 3.02. The number of amides is 3. The molecule has 0 saturated carbocycles. The fourth-order valence-corrected chi connectivity index (χ4v) is 2.76. The van der Waals surface area contributed by atoms with Gasteiger partial charge in [0.1, 0.15) is 6.23 Å². The Bertz CT molecular complexity index is 368. The highest BCUT2D eigenvalue weighted by Gasteiger charge is 2.53. The molecule has 2 rings (SSSR count). The number of imide groups is 1. The first kappa shape index (κ1) is 12.1. The molecule has 1 atom stereocenters. The molecule has 1 heterocycles. The second-order valence-corrected chi connectivity index (χ2v) is 4.84.